The number of carboxylic acids is 1. The second-order valence-corrected chi connectivity index (χ2v) is 5.01. The summed E-state index contributed by atoms with van der Waals surface area (Å²) < 4.78 is 0. The molecule has 2 heteroatoms. The van der Waals surface area contributed by atoms with Gasteiger partial charge in [-0.3, -0.25) is 4.79 Å². The molecule has 0 aliphatic heterocycles. The van der Waals surface area contributed by atoms with Gasteiger partial charge in [-0.1, -0.05) is 45.4 Å². The van der Waals surface area contributed by atoms with Gasteiger partial charge in [0.25, 0.3) is 0 Å². The maximum absolute atomic E-state index is 10.3. The van der Waals surface area contributed by atoms with Crippen molar-refractivity contribution in [2.45, 2.75) is 64.7 Å². The second-order valence-electron chi connectivity index (χ2n) is 5.01. The zero-order valence-electron chi connectivity index (χ0n) is 9.87. The molecule has 0 aromatic carbocycles. The van der Waals surface area contributed by atoms with Crippen LogP contribution in [0.15, 0.2) is 0 Å². The SMILES string of the molecule is CC1CCC1CCCCCCCC(=O)O. The van der Waals surface area contributed by atoms with E-state index in [1.54, 1.807) is 0 Å². The highest BCUT2D eigenvalue weighted by Gasteiger charge is 2.25. The van der Waals surface area contributed by atoms with E-state index in [0.717, 1.165) is 24.7 Å². The van der Waals surface area contributed by atoms with E-state index in [2.05, 4.69) is 6.92 Å². The van der Waals surface area contributed by atoms with E-state index in [9.17, 15) is 4.79 Å². The fourth-order valence-electron chi connectivity index (χ4n) is 2.38. The molecule has 0 spiro atoms. The molecule has 88 valence electrons. The van der Waals surface area contributed by atoms with E-state index in [1.165, 1.54) is 38.5 Å². The number of hydrogen-bond donors (Lipinski definition) is 1. The molecule has 1 fully saturated rings. The van der Waals surface area contributed by atoms with Crippen molar-refractivity contribution in [2.24, 2.45) is 11.8 Å². The summed E-state index contributed by atoms with van der Waals surface area (Å²) >= 11 is 0. The fourth-order valence-corrected chi connectivity index (χ4v) is 2.38. The largest absolute Gasteiger partial charge is 0.481 e. The van der Waals surface area contributed by atoms with Crippen LogP contribution in [0.25, 0.3) is 0 Å². The Bertz CT molecular complexity index is 189. The Kier molecular flexibility index (Phi) is 5.74. The topological polar surface area (TPSA) is 37.3 Å². The Balaban J connectivity index is 1.79. The highest BCUT2D eigenvalue weighted by atomic mass is 16.4. The highest BCUT2D eigenvalue weighted by molar-refractivity contribution is 5.66. The average molecular weight is 212 g/mol. The van der Waals surface area contributed by atoms with Crippen molar-refractivity contribution in [3.8, 4) is 0 Å². The number of carbonyl (C=O) groups is 1. The van der Waals surface area contributed by atoms with Crippen LogP contribution in [0, 0.1) is 11.8 Å². The van der Waals surface area contributed by atoms with Gasteiger partial charge < -0.3 is 5.11 Å². The van der Waals surface area contributed by atoms with Crippen molar-refractivity contribution in [2.75, 3.05) is 0 Å². The molecule has 1 aliphatic carbocycles. The van der Waals surface area contributed by atoms with Crippen molar-refractivity contribution in [3.05, 3.63) is 0 Å². The standard InChI is InChI=1S/C13H24O2/c1-11-9-10-12(11)7-5-3-2-4-6-8-13(14)15/h11-12H,2-10H2,1H3,(H,14,15). The summed E-state index contributed by atoms with van der Waals surface area (Å²) in [4.78, 5) is 10.3. The summed E-state index contributed by atoms with van der Waals surface area (Å²) in [7, 11) is 0. The Morgan fingerprint density at radius 1 is 1.13 bits per heavy atom. The third-order valence-corrected chi connectivity index (χ3v) is 3.76. The van der Waals surface area contributed by atoms with Crippen molar-refractivity contribution < 1.29 is 9.90 Å². The third-order valence-electron chi connectivity index (χ3n) is 3.76. The summed E-state index contributed by atoms with van der Waals surface area (Å²) in [6, 6.07) is 0. The monoisotopic (exact) mass is 212 g/mol. The lowest BCUT2D eigenvalue weighted by molar-refractivity contribution is -0.137. The van der Waals surface area contributed by atoms with E-state index < -0.39 is 5.97 Å². The Hall–Kier alpha value is -0.530. The zero-order valence-corrected chi connectivity index (χ0v) is 9.87. The summed E-state index contributed by atoms with van der Waals surface area (Å²) in [5.74, 6) is 1.32. The molecule has 2 nitrogen and oxygen atoms in total. The molecule has 2 unspecified atom stereocenters. The number of unbranched alkanes of at least 4 members (excludes halogenated alkanes) is 4. The molecule has 1 saturated carbocycles. The number of carboxylic acid groups (broad SMARTS) is 1. The summed E-state index contributed by atoms with van der Waals surface area (Å²) in [5.41, 5.74) is 0. The molecule has 0 aromatic heterocycles. The van der Waals surface area contributed by atoms with Gasteiger partial charge in [0, 0.05) is 6.42 Å². The van der Waals surface area contributed by atoms with Crippen LogP contribution in [-0.4, -0.2) is 11.1 Å². The maximum Gasteiger partial charge on any atom is 0.303 e. The first-order chi connectivity index (χ1) is 7.20. The number of aliphatic carboxylic acids is 1. The van der Waals surface area contributed by atoms with Crippen LogP contribution in [-0.2, 0) is 4.79 Å². The fraction of sp³-hybridized carbons (Fsp3) is 0.923. The molecule has 1 N–H and O–H groups in total. The van der Waals surface area contributed by atoms with E-state index in [1.807, 2.05) is 0 Å². The van der Waals surface area contributed by atoms with Crippen LogP contribution in [0.1, 0.15) is 64.7 Å². The van der Waals surface area contributed by atoms with Crippen LogP contribution in [0.4, 0.5) is 0 Å². The molecule has 2 atom stereocenters. The van der Waals surface area contributed by atoms with Gasteiger partial charge >= 0.3 is 5.97 Å². The Morgan fingerprint density at radius 2 is 1.80 bits per heavy atom. The quantitative estimate of drug-likeness (QED) is 0.620. The van der Waals surface area contributed by atoms with E-state index in [0.29, 0.717) is 6.42 Å². The lowest BCUT2D eigenvalue weighted by Crippen LogP contribution is -2.22. The number of hydrogen-bond acceptors (Lipinski definition) is 1. The maximum atomic E-state index is 10.3. The first-order valence-corrected chi connectivity index (χ1v) is 6.42. The van der Waals surface area contributed by atoms with Gasteiger partial charge in [-0.05, 0) is 24.7 Å². The molecule has 0 aromatic rings. The Labute approximate surface area is 93.1 Å². The first kappa shape index (κ1) is 12.5. The second kappa shape index (κ2) is 6.86. The van der Waals surface area contributed by atoms with Crippen LogP contribution in [0.3, 0.4) is 0 Å². The molecule has 0 radical (unpaired) electrons. The normalized spacial score (nSPS) is 24.9. The highest BCUT2D eigenvalue weighted by Crippen LogP contribution is 2.37. The molecule has 0 amide bonds. The molecule has 1 rings (SSSR count). The van der Waals surface area contributed by atoms with Gasteiger partial charge in [0.05, 0.1) is 0 Å². The van der Waals surface area contributed by atoms with Crippen molar-refractivity contribution in [1.82, 2.24) is 0 Å². The van der Waals surface area contributed by atoms with Crippen molar-refractivity contribution in [1.29, 1.82) is 0 Å². The van der Waals surface area contributed by atoms with Gasteiger partial charge in [0.1, 0.15) is 0 Å². The van der Waals surface area contributed by atoms with E-state index in [-0.39, 0.29) is 0 Å². The van der Waals surface area contributed by atoms with Crippen LogP contribution >= 0.6 is 0 Å². The van der Waals surface area contributed by atoms with Gasteiger partial charge in [0.2, 0.25) is 0 Å². The van der Waals surface area contributed by atoms with E-state index in [4.69, 9.17) is 5.11 Å². The molecular weight excluding hydrogens is 188 g/mol. The number of rotatable bonds is 8. The first-order valence-electron chi connectivity index (χ1n) is 6.42. The predicted molar refractivity (Wildman–Crippen MR) is 61.8 cm³/mol. The molecule has 0 bridgehead atoms. The van der Waals surface area contributed by atoms with Crippen LogP contribution in [0.2, 0.25) is 0 Å². The van der Waals surface area contributed by atoms with Gasteiger partial charge in [-0.2, -0.15) is 0 Å². The minimum atomic E-state index is -0.654. The summed E-state index contributed by atoms with van der Waals surface area (Å²) in [5, 5.41) is 8.46. The molecule has 0 saturated heterocycles. The van der Waals surface area contributed by atoms with E-state index >= 15 is 0 Å². The van der Waals surface area contributed by atoms with Gasteiger partial charge in [-0.15, -0.1) is 0 Å². The smallest absolute Gasteiger partial charge is 0.303 e. The summed E-state index contributed by atoms with van der Waals surface area (Å²) in [6.07, 6.45) is 10.4. The van der Waals surface area contributed by atoms with Crippen LogP contribution in [0.5, 0.6) is 0 Å². The zero-order chi connectivity index (χ0) is 11.1. The predicted octanol–water partition coefficient (Wildman–Crippen LogP) is 3.85. The third kappa shape index (κ3) is 5.19. The molecule has 15 heavy (non-hydrogen) atoms. The van der Waals surface area contributed by atoms with Crippen LogP contribution < -0.4 is 0 Å². The van der Waals surface area contributed by atoms with Gasteiger partial charge in [-0.25, -0.2) is 0 Å². The minimum Gasteiger partial charge on any atom is -0.481 e. The van der Waals surface area contributed by atoms with Crippen molar-refractivity contribution in [3.63, 3.8) is 0 Å². The Morgan fingerprint density at radius 3 is 2.33 bits per heavy atom. The average Bonchev–Trinajstić information content (AvgIpc) is 2.19. The molecule has 1 aliphatic rings. The minimum absolute atomic E-state index is 0.347. The summed E-state index contributed by atoms with van der Waals surface area (Å²) in [6.45, 7) is 2.36. The molecule has 0 heterocycles. The lowest BCUT2D eigenvalue weighted by atomic mass is 9.72. The lowest BCUT2D eigenvalue weighted by Gasteiger charge is -2.33. The molecular formula is C13H24O2. The van der Waals surface area contributed by atoms with Gasteiger partial charge in [0.15, 0.2) is 0 Å². The van der Waals surface area contributed by atoms with Crippen molar-refractivity contribution >= 4 is 5.97 Å².